The Hall–Kier alpha value is -5.08. The summed E-state index contributed by atoms with van der Waals surface area (Å²) in [6.07, 6.45) is 0.967. The number of hydrogen-bond donors (Lipinski definition) is 2. The molecule has 47 heavy (non-hydrogen) atoms. The molecule has 0 aliphatic carbocycles. The summed E-state index contributed by atoms with van der Waals surface area (Å²) < 4.78 is 15.6. The molecular formula is C40H37N3O4. The van der Waals surface area contributed by atoms with Gasteiger partial charge < -0.3 is 24.5 Å². The van der Waals surface area contributed by atoms with E-state index in [0.717, 1.165) is 44.4 Å². The number of benzene rings is 5. The minimum Gasteiger partial charge on any atom is -0.392 e. The third-order valence-electron chi connectivity index (χ3n) is 8.96. The Morgan fingerprint density at radius 3 is 2.32 bits per heavy atom. The van der Waals surface area contributed by atoms with Crippen molar-refractivity contribution in [1.82, 2.24) is 14.9 Å². The molecule has 1 saturated heterocycles. The summed E-state index contributed by atoms with van der Waals surface area (Å²) in [5.74, 6) is -0.0406. The van der Waals surface area contributed by atoms with Crippen LogP contribution >= 0.6 is 0 Å². The SMILES string of the molecule is C[C@@H]1[C@H](Cn2cnc3ccccc32)O[C@H](c2ccc(-c3cccc(CNC(=O)c4ccccc4)c3)cc2)O[C@@H]1c1ccc(CO)cc1. The molecule has 7 nitrogen and oxygen atoms in total. The van der Waals surface area contributed by atoms with E-state index in [9.17, 15) is 9.90 Å². The third-order valence-corrected chi connectivity index (χ3v) is 8.96. The minimum atomic E-state index is -0.568. The first-order valence-electron chi connectivity index (χ1n) is 16.0. The lowest BCUT2D eigenvalue weighted by Gasteiger charge is -2.41. The van der Waals surface area contributed by atoms with E-state index in [-0.39, 0.29) is 30.6 Å². The van der Waals surface area contributed by atoms with Crippen molar-refractivity contribution in [2.24, 2.45) is 5.92 Å². The Kier molecular flexibility index (Phi) is 8.93. The number of nitrogens with zero attached hydrogens (tertiary/aromatic N) is 2. The quantitative estimate of drug-likeness (QED) is 0.173. The van der Waals surface area contributed by atoms with Gasteiger partial charge in [-0.1, -0.05) is 104 Å². The smallest absolute Gasteiger partial charge is 0.251 e. The molecule has 0 spiro atoms. The molecule has 0 saturated carbocycles. The number of rotatable bonds is 9. The first-order valence-corrected chi connectivity index (χ1v) is 16.0. The van der Waals surface area contributed by atoms with Gasteiger partial charge in [-0.05, 0) is 58.1 Å². The van der Waals surface area contributed by atoms with E-state index in [1.165, 1.54) is 0 Å². The molecule has 7 heteroatoms. The number of aliphatic hydroxyl groups excluding tert-OH is 1. The summed E-state index contributed by atoms with van der Waals surface area (Å²) in [6, 6.07) is 41.9. The summed E-state index contributed by atoms with van der Waals surface area (Å²) in [4.78, 5) is 17.1. The molecular weight excluding hydrogens is 586 g/mol. The minimum absolute atomic E-state index is 0.000994. The Bertz CT molecular complexity index is 1950. The first kappa shape index (κ1) is 30.6. The fraction of sp³-hybridized carbons (Fsp3) is 0.200. The molecule has 236 valence electrons. The fourth-order valence-electron chi connectivity index (χ4n) is 6.25. The van der Waals surface area contributed by atoms with Crippen molar-refractivity contribution >= 4 is 16.9 Å². The summed E-state index contributed by atoms with van der Waals surface area (Å²) >= 11 is 0. The van der Waals surface area contributed by atoms with Gasteiger partial charge in [0.1, 0.15) is 0 Å². The fourth-order valence-corrected chi connectivity index (χ4v) is 6.25. The average Bonchev–Trinajstić information content (AvgIpc) is 3.54. The maximum absolute atomic E-state index is 12.5. The van der Waals surface area contributed by atoms with Gasteiger partial charge in [-0.15, -0.1) is 0 Å². The van der Waals surface area contributed by atoms with Gasteiger partial charge in [0.05, 0.1) is 42.7 Å². The highest BCUT2D eigenvalue weighted by molar-refractivity contribution is 5.94. The second-order valence-electron chi connectivity index (χ2n) is 12.1. The summed E-state index contributed by atoms with van der Waals surface area (Å²) in [5.41, 5.74) is 8.67. The Morgan fingerprint density at radius 2 is 1.53 bits per heavy atom. The van der Waals surface area contributed by atoms with E-state index in [1.54, 1.807) is 0 Å². The highest BCUT2D eigenvalue weighted by atomic mass is 16.7. The van der Waals surface area contributed by atoms with Gasteiger partial charge in [-0.3, -0.25) is 4.79 Å². The van der Waals surface area contributed by atoms with Crippen molar-refractivity contribution in [1.29, 1.82) is 0 Å². The largest absolute Gasteiger partial charge is 0.392 e. The van der Waals surface area contributed by atoms with Crippen LogP contribution in [0.1, 0.15) is 51.9 Å². The number of amides is 1. The second-order valence-corrected chi connectivity index (χ2v) is 12.1. The lowest BCUT2D eigenvalue weighted by atomic mass is 9.90. The molecule has 0 radical (unpaired) electrons. The summed E-state index contributed by atoms with van der Waals surface area (Å²) in [5, 5.41) is 12.6. The van der Waals surface area contributed by atoms with E-state index in [1.807, 2.05) is 91.3 Å². The van der Waals surface area contributed by atoms with Gasteiger partial charge >= 0.3 is 0 Å². The third kappa shape index (κ3) is 6.74. The standard InChI is InChI=1S/C40H37N3O4/c1-27-37(24-43-26-42-35-12-5-6-13-36(35)43)46-40(47-38(27)31-16-14-28(25-44)15-17-31)33-20-18-30(19-21-33)34-11-7-8-29(22-34)23-41-39(45)32-9-3-2-4-10-32/h2-22,26-27,37-38,40,44H,23-25H2,1H3,(H,41,45)/t27-,37+,38+,40+/m1/s1. The average molecular weight is 624 g/mol. The molecule has 0 bridgehead atoms. The van der Waals surface area contributed by atoms with E-state index < -0.39 is 6.29 Å². The predicted octanol–water partition coefficient (Wildman–Crippen LogP) is 7.62. The zero-order chi connectivity index (χ0) is 32.2. The van der Waals surface area contributed by atoms with Crippen LogP contribution in [0, 0.1) is 5.92 Å². The van der Waals surface area contributed by atoms with Gasteiger partial charge in [-0.25, -0.2) is 4.98 Å². The molecule has 6 aromatic rings. The lowest BCUT2D eigenvalue weighted by molar-refractivity contribution is -0.276. The van der Waals surface area contributed by atoms with Crippen molar-refractivity contribution in [2.75, 3.05) is 0 Å². The maximum Gasteiger partial charge on any atom is 0.251 e. The molecule has 7 rings (SSSR count). The number of nitrogens with one attached hydrogen (secondary N) is 1. The van der Waals surface area contributed by atoms with Crippen LogP contribution in [-0.2, 0) is 29.2 Å². The first-order chi connectivity index (χ1) is 23.1. The zero-order valence-corrected chi connectivity index (χ0v) is 26.2. The Labute approximate surface area is 274 Å². The molecule has 1 amide bonds. The highest BCUT2D eigenvalue weighted by Gasteiger charge is 2.38. The van der Waals surface area contributed by atoms with Crippen molar-refractivity contribution in [3.63, 3.8) is 0 Å². The van der Waals surface area contributed by atoms with Crippen LogP contribution < -0.4 is 5.32 Å². The van der Waals surface area contributed by atoms with E-state index in [0.29, 0.717) is 18.7 Å². The van der Waals surface area contributed by atoms with Crippen molar-refractivity contribution in [3.05, 3.63) is 162 Å². The van der Waals surface area contributed by atoms with Crippen LogP contribution in [0.4, 0.5) is 0 Å². The molecule has 1 fully saturated rings. The number of imidazole rings is 1. The van der Waals surface area contributed by atoms with Crippen molar-refractivity contribution < 1.29 is 19.4 Å². The van der Waals surface area contributed by atoms with Crippen molar-refractivity contribution in [2.45, 2.75) is 45.1 Å². The van der Waals surface area contributed by atoms with Crippen LogP contribution in [0.3, 0.4) is 0 Å². The number of carbonyl (C=O) groups excluding carboxylic acids is 1. The number of para-hydroxylation sites is 2. The van der Waals surface area contributed by atoms with E-state index >= 15 is 0 Å². The second kappa shape index (κ2) is 13.7. The highest BCUT2D eigenvalue weighted by Crippen LogP contribution is 2.42. The Balaban J connectivity index is 1.11. The number of fused-ring (bicyclic) bond motifs is 1. The van der Waals surface area contributed by atoms with Gasteiger partial charge in [0.2, 0.25) is 0 Å². The normalized spacial score (nSPS) is 19.4. The molecule has 1 aromatic heterocycles. The number of ether oxygens (including phenoxy) is 2. The van der Waals surface area contributed by atoms with E-state index in [4.69, 9.17) is 9.47 Å². The van der Waals surface area contributed by atoms with Gasteiger partial charge in [-0.2, -0.15) is 0 Å². The monoisotopic (exact) mass is 623 g/mol. The molecule has 1 aliphatic rings. The van der Waals surface area contributed by atoms with Gasteiger partial charge in [0.25, 0.3) is 5.91 Å². The predicted molar refractivity (Wildman–Crippen MR) is 182 cm³/mol. The van der Waals surface area contributed by atoms with Crippen LogP contribution in [0.15, 0.2) is 134 Å². The van der Waals surface area contributed by atoms with Gasteiger partial charge in [0, 0.05) is 23.6 Å². The lowest BCUT2D eigenvalue weighted by Crippen LogP contribution is -2.39. The van der Waals surface area contributed by atoms with E-state index in [2.05, 4.69) is 64.3 Å². The van der Waals surface area contributed by atoms with Gasteiger partial charge in [0.15, 0.2) is 6.29 Å². The number of aromatic nitrogens is 2. The number of carbonyl (C=O) groups is 1. The summed E-state index contributed by atoms with van der Waals surface area (Å²) in [7, 11) is 0. The molecule has 4 atom stereocenters. The maximum atomic E-state index is 12.5. The molecule has 0 unspecified atom stereocenters. The zero-order valence-electron chi connectivity index (χ0n) is 26.2. The van der Waals surface area contributed by atoms with Crippen LogP contribution in [-0.4, -0.2) is 26.7 Å². The molecule has 5 aromatic carbocycles. The Morgan fingerprint density at radius 1 is 0.787 bits per heavy atom. The molecule has 2 N–H and O–H groups in total. The molecule has 2 heterocycles. The van der Waals surface area contributed by atoms with Crippen LogP contribution in [0.2, 0.25) is 0 Å². The van der Waals surface area contributed by atoms with Crippen molar-refractivity contribution in [3.8, 4) is 11.1 Å². The number of hydrogen-bond acceptors (Lipinski definition) is 5. The van der Waals surface area contributed by atoms with Crippen LogP contribution in [0.5, 0.6) is 0 Å². The molecule has 1 aliphatic heterocycles. The summed E-state index contributed by atoms with van der Waals surface area (Å²) in [6.45, 7) is 3.25. The topological polar surface area (TPSA) is 85.6 Å². The van der Waals surface area contributed by atoms with Crippen LogP contribution in [0.25, 0.3) is 22.2 Å². The number of aliphatic hydroxyl groups is 1.